The summed E-state index contributed by atoms with van der Waals surface area (Å²) in [5.41, 5.74) is 2.56. The molecule has 0 aromatic heterocycles. The van der Waals surface area contributed by atoms with Crippen LogP contribution in [0.5, 0.6) is 5.75 Å². The zero-order valence-corrected chi connectivity index (χ0v) is 24.9. The number of nitrogens with one attached hydrogen (secondary N) is 2. The second kappa shape index (κ2) is 14.0. The molecule has 214 valence electrons. The van der Waals surface area contributed by atoms with Gasteiger partial charge in [0.15, 0.2) is 0 Å². The normalized spacial score (nSPS) is 13.6. The van der Waals surface area contributed by atoms with E-state index in [2.05, 4.69) is 10.6 Å². The summed E-state index contributed by atoms with van der Waals surface area (Å²) in [4.78, 5) is 42.5. The zero-order valence-electron chi connectivity index (χ0n) is 24.9. The molecule has 3 amide bonds. The number of rotatable bonds is 11. The number of carbonyl (C=O) groups excluding carboxylic acids is 3. The molecule has 2 rings (SSSR count). The van der Waals surface area contributed by atoms with Gasteiger partial charge in [0.1, 0.15) is 23.4 Å². The number of benzene rings is 2. The Morgan fingerprint density at radius 2 is 1.56 bits per heavy atom. The molecule has 2 aromatic rings. The fourth-order valence-corrected chi connectivity index (χ4v) is 4.43. The van der Waals surface area contributed by atoms with Crippen LogP contribution in [0.15, 0.2) is 42.5 Å². The van der Waals surface area contributed by atoms with E-state index >= 15 is 0 Å². The Labute approximate surface area is 233 Å². The minimum absolute atomic E-state index is 0.186. The standard InChI is InChI=1S/C31H45N3O5/c1-10-16-34(29(36)26(22(5)11-2)33-30(37)39-31(6,7)8)27(23-18-20(3)17-21(4)19-23)28(35)32-24-12-14-25(38-9)15-13-24/h12-15,17-19,22,26-27H,10-11,16H2,1-9H3,(H,32,35)(H,33,37). The van der Waals surface area contributed by atoms with Gasteiger partial charge in [0, 0.05) is 12.2 Å². The first-order chi connectivity index (χ1) is 18.3. The maximum absolute atomic E-state index is 14.2. The van der Waals surface area contributed by atoms with Gasteiger partial charge in [0.25, 0.3) is 5.91 Å². The van der Waals surface area contributed by atoms with Crippen molar-refractivity contribution < 1.29 is 23.9 Å². The second-order valence-corrected chi connectivity index (χ2v) is 11.1. The Bertz CT molecular complexity index is 1100. The van der Waals surface area contributed by atoms with Crippen molar-refractivity contribution in [2.45, 2.75) is 85.9 Å². The van der Waals surface area contributed by atoms with Gasteiger partial charge in [-0.15, -0.1) is 0 Å². The summed E-state index contributed by atoms with van der Waals surface area (Å²) >= 11 is 0. The van der Waals surface area contributed by atoms with Crippen LogP contribution in [0.1, 0.15) is 77.1 Å². The fraction of sp³-hybridized carbons (Fsp3) is 0.516. The molecule has 0 bridgehead atoms. The van der Waals surface area contributed by atoms with Crippen LogP contribution < -0.4 is 15.4 Å². The fourth-order valence-electron chi connectivity index (χ4n) is 4.43. The maximum atomic E-state index is 14.2. The molecule has 3 atom stereocenters. The first kappa shape index (κ1) is 31.7. The van der Waals surface area contributed by atoms with Gasteiger partial charge in [-0.25, -0.2) is 4.79 Å². The van der Waals surface area contributed by atoms with Crippen LogP contribution in [0.25, 0.3) is 0 Å². The van der Waals surface area contributed by atoms with E-state index in [-0.39, 0.29) is 17.7 Å². The third-order valence-electron chi connectivity index (χ3n) is 6.38. The first-order valence-electron chi connectivity index (χ1n) is 13.6. The van der Waals surface area contributed by atoms with Crippen LogP contribution >= 0.6 is 0 Å². The number of hydrogen-bond donors (Lipinski definition) is 2. The number of nitrogens with zero attached hydrogens (tertiary/aromatic N) is 1. The molecule has 2 N–H and O–H groups in total. The molecule has 2 aromatic carbocycles. The van der Waals surface area contributed by atoms with Crippen molar-refractivity contribution in [3.05, 3.63) is 59.2 Å². The van der Waals surface area contributed by atoms with Gasteiger partial charge in [-0.1, -0.05) is 56.5 Å². The largest absolute Gasteiger partial charge is 0.497 e. The van der Waals surface area contributed by atoms with E-state index in [4.69, 9.17) is 9.47 Å². The van der Waals surface area contributed by atoms with E-state index in [1.54, 1.807) is 57.0 Å². The molecule has 0 spiro atoms. The number of carbonyl (C=O) groups is 3. The van der Waals surface area contributed by atoms with Gasteiger partial charge in [-0.05, 0) is 76.8 Å². The van der Waals surface area contributed by atoms with E-state index in [1.165, 1.54) is 0 Å². The summed E-state index contributed by atoms with van der Waals surface area (Å²) in [6.07, 6.45) is 0.615. The van der Waals surface area contributed by atoms with Crippen molar-refractivity contribution in [3.63, 3.8) is 0 Å². The van der Waals surface area contributed by atoms with E-state index < -0.39 is 23.8 Å². The lowest BCUT2D eigenvalue weighted by Gasteiger charge is -2.36. The Kier molecular flexibility index (Phi) is 11.4. The van der Waals surface area contributed by atoms with E-state index in [1.807, 2.05) is 52.8 Å². The van der Waals surface area contributed by atoms with Crippen molar-refractivity contribution in [1.82, 2.24) is 10.2 Å². The van der Waals surface area contributed by atoms with Crippen molar-refractivity contribution in [3.8, 4) is 5.75 Å². The first-order valence-corrected chi connectivity index (χ1v) is 13.6. The van der Waals surface area contributed by atoms with Crippen LogP contribution in [-0.2, 0) is 14.3 Å². The van der Waals surface area contributed by atoms with Gasteiger partial charge >= 0.3 is 6.09 Å². The second-order valence-electron chi connectivity index (χ2n) is 11.1. The molecule has 8 nitrogen and oxygen atoms in total. The molecule has 0 radical (unpaired) electrons. The molecular formula is C31H45N3O5. The Hall–Kier alpha value is -3.55. The Morgan fingerprint density at radius 1 is 0.974 bits per heavy atom. The molecule has 0 saturated carbocycles. The van der Waals surface area contributed by atoms with E-state index in [9.17, 15) is 14.4 Å². The lowest BCUT2D eigenvalue weighted by molar-refractivity contribution is -0.141. The number of methoxy groups -OCH3 is 1. The SMILES string of the molecule is CCCN(C(=O)C(NC(=O)OC(C)(C)C)C(C)CC)C(C(=O)Nc1ccc(OC)cc1)c1cc(C)cc(C)c1. The van der Waals surface area contributed by atoms with Gasteiger partial charge in [-0.2, -0.15) is 0 Å². The van der Waals surface area contributed by atoms with Crippen LogP contribution in [0.3, 0.4) is 0 Å². The van der Waals surface area contributed by atoms with Crippen molar-refractivity contribution >= 4 is 23.6 Å². The third-order valence-corrected chi connectivity index (χ3v) is 6.38. The highest BCUT2D eigenvalue weighted by atomic mass is 16.6. The summed E-state index contributed by atoms with van der Waals surface area (Å²) in [6, 6.07) is 11.2. The molecular weight excluding hydrogens is 494 g/mol. The molecule has 0 fully saturated rings. The molecule has 0 saturated heterocycles. The summed E-state index contributed by atoms with van der Waals surface area (Å²) in [5, 5.41) is 5.77. The molecule has 0 aliphatic carbocycles. The zero-order chi connectivity index (χ0) is 29.3. The third kappa shape index (κ3) is 9.30. The minimum Gasteiger partial charge on any atom is -0.497 e. The summed E-state index contributed by atoms with van der Waals surface area (Å²) < 4.78 is 10.7. The monoisotopic (exact) mass is 539 g/mol. The molecule has 0 aliphatic heterocycles. The van der Waals surface area contributed by atoms with E-state index in [0.29, 0.717) is 36.4 Å². The quantitative estimate of drug-likeness (QED) is 0.356. The summed E-state index contributed by atoms with van der Waals surface area (Å²) in [5.74, 6) is -0.182. The molecule has 8 heteroatoms. The number of hydrogen-bond acceptors (Lipinski definition) is 5. The van der Waals surface area contributed by atoms with Crippen molar-refractivity contribution in [2.75, 3.05) is 19.0 Å². The van der Waals surface area contributed by atoms with Crippen molar-refractivity contribution in [2.24, 2.45) is 5.92 Å². The van der Waals surface area contributed by atoms with Crippen LogP contribution in [0, 0.1) is 19.8 Å². The highest BCUT2D eigenvalue weighted by molar-refractivity contribution is 5.99. The highest BCUT2D eigenvalue weighted by Gasteiger charge is 2.38. The minimum atomic E-state index is -0.912. The van der Waals surface area contributed by atoms with Crippen LogP contribution in [-0.4, -0.2) is 48.1 Å². The van der Waals surface area contributed by atoms with Crippen LogP contribution in [0.2, 0.25) is 0 Å². The maximum Gasteiger partial charge on any atom is 0.408 e. The highest BCUT2D eigenvalue weighted by Crippen LogP contribution is 2.28. The number of anilines is 1. The molecule has 3 unspecified atom stereocenters. The predicted octanol–water partition coefficient (Wildman–Crippen LogP) is 6.17. The molecule has 39 heavy (non-hydrogen) atoms. The lowest BCUT2D eigenvalue weighted by Crippen LogP contribution is -2.54. The van der Waals surface area contributed by atoms with Gasteiger partial charge in [0.2, 0.25) is 5.91 Å². The smallest absolute Gasteiger partial charge is 0.408 e. The lowest BCUT2D eigenvalue weighted by atomic mass is 9.94. The summed E-state index contributed by atoms with van der Waals surface area (Å²) in [7, 11) is 1.58. The van der Waals surface area contributed by atoms with Gasteiger partial charge in [-0.3, -0.25) is 9.59 Å². The Morgan fingerprint density at radius 3 is 2.05 bits per heavy atom. The molecule has 0 aliphatic rings. The number of amides is 3. The number of aryl methyl sites for hydroxylation is 2. The number of alkyl carbamates (subject to hydrolysis) is 1. The predicted molar refractivity (Wildman–Crippen MR) is 155 cm³/mol. The topological polar surface area (TPSA) is 97.0 Å². The molecule has 0 heterocycles. The van der Waals surface area contributed by atoms with Crippen LogP contribution in [0.4, 0.5) is 10.5 Å². The average molecular weight is 540 g/mol. The Balaban J connectivity index is 2.55. The summed E-state index contributed by atoms with van der Waals surface area (Å²) in [6.45, 7) is 15.4. The van der Waals surface area contributed by atoms with Crippen molar-refractivity contribution in [1.29, 1.82) is 0 Å². The average Bonchev–Trinajstić information content (AvgIpc) is 2.85. The number of ether oxygens (including phenoxy) is 2. The van der Waals surface area contributed by atoms with E-state index in [0.717, 1.165) is 11.1 Å². The van der Waals surface area contributed by atoms with Gasteiger partial charge in [0.05, 0.1) is 7.11 Å². The van der Waals surface area contributed by atoms with Gasteiger partial charge < -0.3 is 25.0 Å².